The number of nitrogens with zero attached hydrogens (tertiary/aromatic N) is 4. The van der Waals surface area contributed by atoms with E-state index in [2.05, 4.69) is 5.10 Å². The van der Waals surface area contributed by atoms with Crippen LogP contribution in [0.4, 0.5) is 0 Å². The van der Waals surface area contributed by atoms with Crippen molar-refractivity contribution < 1.29 is 14.2 Å². The zero-order valence-corrected chi connectivity index (χ0v) is 16.4. The minimum atomic E-state index is -0.0522. The van der Waals surface area contributed by atoms with Crippen LogP contribution in [0.3, 0.4) is 0 Å². The molecule has 0 amide bonds. The van der Waals surface area contributed by atoms with Crippen molar-refractivity contribution in [3.8, 4) is 17.2 Å². The Labute approximate surface area is 162 Å². The summed E-state index contributed by atoms with van der Waals surface area (Å²) < 4.78 is 19.6. The van der Waals surface area contributed by atoms with Gasteiger partial charge in [0.1, 0.15) is 11.2 Å². The monoisotopic (exact) mass is 382 g/mol. The first-order valence-corrected chi connectivity index (χ1v) is 9.01. The van der Waals surface area contributed by atoms with Crippen molar-refractivity contribution >= 4 is 22.7 Å². The van der Waals surface area contributed by atoms with Gasteiger partial charge in [-0.15, -0.1) is 0 Å². The molecule has 0 saturated carbocycles. The van der Waals surface area contributed by atoms with Gasteiger partial charge in [-0.25, -0.2) is 4.98 Å². The molecule has 1 aromatic carbocycles. The fourth-order valence-electron chi connectivity index (χ4n) is 3.63. The highest BCUT2D eigenvalue weighted by molar-refractivity contribution is 5.83. The van der Waals surface area contributed by atoms with Crippen LogP contribution >= 0.6 is 0 Å². The molecule has 0 fully saturated rings. The van der Waals surface area contributed by atoms with Crippen molar-refractivity contribution in [2.45, 2.75) is 19.4 Å². The number of fused-ring (bicyclic) bond motifs is 2. The Balaban J connectivity index is 1.89. The molecule has 8 nitrogen and oxygen atoms in total. The molecule has 2 aromatic heterocycles. The molecule has 0 atom stereocenters. The third-order valence-electron chi connectivity index (χ3n) is 4.99. The van der Waals surface area contributed by atoms with Gasteiger partial charge in [0.2, 0.25) is 5.75 Å². The number of aromatic nitrogens is 4. The lowest BCUT2D eigenvalue weighted by molar-refractivity contribution is 0.324. The first-order chi connectivity index (χ1) is 13.6. The molecule has 8 heteroatoms. The molecule has 0 N–H and O–H groups in total. The summed E-state index contributed by atoms with van der Waals surface area (Å²) in [6.45, 7) is 0.651. The fraction of sp³-hybridized carbons (Fsp3) is 0.350. The Bertz CT molecular complexity index is 1120. The Hall–Kier alpha value is -3.29. The quantitative estimate of drug-likeness (QED) is 0.690. The zero-order valence-electron chi connectivity index (χ0n) is 16.4. The van der Waals surface area contributed by atoms with E-state index in [1.54, 1.807) is 43.8 Å². The molecule has 0 unspecified atom stereocenters. The van der Waals surface area contributed by atoms with Gasteiger partial charge in [0, 0.05) is 13.6 Å². The van der Waals surface area contributed by atoms with Crippen molar-refractivity contribution in [3.05, 3.63) is 40.1 Å². The van der Waals surface area contributed by atoms with Gasteiger partial charge in [-0.2, -0.15) is 5.10 Å². The predicted octanol–water partition coefficient (Wildman–Crippen LogP) is 2.49. The Morgan fingerprint density at radius 2 is 1.82 bits per heavy atom. The van der Waals surface area contributed by atoms with Crippen molar-refractivity contribution in [2.75, 3.05) is 21.3 Å². The summed E-state index contributed by atoms with van der Waals surface area (Å²) in [4.78, 5) is 17.6. The van der Waals surface area contributed by atoms with Gasteiger partial charge in [0.05, 0.1) is 27.5 Å². The van der Waals surface area contributed by atoms with Crippen LogP contribution in [0.25, 0.3) is 22.7 Å². The van der Waals surface area contributed by atoms with Crippen LogP contribution in [-0.2, 0) is 13.6 Å². The second-order valence-corrected chi connectivity index (χ2v) is 6.63. The van der Waals surface area contributed by atoms with E-state index in [4.69, 9.17) is 19.2 Å². The van der Waals surface area contributed by atoms with Crippen LogP contribution in [0, 0.1) is 0 Å². The summed E-state index contributed by atoms with van der Waals surface area (Å²) in [5.74, 6) is 2.39. The SMILES string of the molecule is COc1cc(/C=C2\CCCn3c2nc2c(cnn2C)c3=O)cc(OC)c1OC. The maximum Gasteiger partial charge on any atom is 0.264 e. The molecule has 0 saturated heterocycles. The molecule has 0 spiro atoms. The Morgan fingerprint density at radius 1 is 1.11 bits per heavy atom. The Kier molecular flexibility index (Phi) is 4.54. The highest BCUT2D eigenvalue weighted by Crippen LogP contribution is 2.39. The second kappa shape index (κ2) is 7.03. The van der Waals surface area contributed by atoms with Gasteiger partial charge in [-0.1, -0.05) is 0 Å². The largest absolute Gasteiger partial charge is 0.493 e. The number of hydrogen-bond donors (Lipinski definition) is 0. The van der Waals surface area contributed by atoms with Crippen LogP contribution in [0.15, 0.2) is 23.1 Å². The standard InChI is InChI=1S/C20H22N4O4/c1-23-19-14(11-21-23)20(25)24-7-5-6-13(18(24)22-19)8-12-9-15(26-2)17(28-4)16(10-12)27-3/h8-11H,5-7H2,1-4H3/b13-8+. The van der Waals surface area contributed by atoms with Crippen LogP contribution in [0.2, 0.25) is 0 Å². The second-order valence-electron chi connectivity index (χ2n) is 6.63. The maximum atomic E-state index is 12.9. The number of rotatable bonds is 4. The molecule has 0 aliphatic carbocycles. The average molecular weight is 382 g/mol. The lowest BCUT2D eigenvalue weighted by Gasteiger charge is -2.20. The molecule has 28 heavy (non-hydrogen) atoms. The van der Waals surface area contributed by atoms with E-state index in [9.17, 15) is 4.79 Å². The predicted molar refractivity (Wildman–Crippen MR) is 106 cm³/mol. The highest BCUT2D eigenvalue weighted by Gasteiger charge is 2.21. The molecule has 3 aromatic rings. The molecule has 146 valence electrons. The zero-order chi connectivity index (χ0) is 19.8. The van der Waals surface area contributed by atoms with Gasteiger partial charge in [-0.05, 0) is 42.2 Å². The van der Waals surface area contributed by atoms with E-state index < -0.39 is 0 Å². The fourth-order valence-corrected chi connectivity index (χ4v) is 3.63. The lowest BCUT2D eigenvalue weighted by atomic mass is 10.0. The van der Waals surface area contributed by atoms with E-state index in [1.165, 1.54) is 0 Å². The number of benzene rings is 1. The Morgan fingerprint density at radius 3 is 2.46 bits per heavy atom. The topological polar surface area (TPSA) is 80.4 Å². The number of aryl methyl sites for hydroxylation is 1. The first-order valence-electron chi connectivity index (χ1n) is 9.01. The van der Waals surface area contributed by atoms with Gasteiger partial charge in [-0.3, -0.25) is 14.0 Å². The van der Waals surface area contributed by atoms with Crippen LogP contribution in [0.1, 0.15) is 24.2 Å². The number of hydrogen-bond acceptors (Lipinski definition) is 6. The number of allylic oxidation sites excluding steroid dienone is 1. The normalized spacial score (nSPS) is 14.9. The summed E-state index contributed by atoms with van der Waals surface area (Å²) in [6.07, 6.45) is 5.29. The van der Waals surface area contributed by atoms with Gasteiger partial charge in [0.25, 0.3) is 5.56 Å². The van der Waals surface area contributed by atoms with Gasteiger partial charge < -0.3 is 14.2 Å². The van der Waals surface area contributed by atoms with Crippen LogP contribution in [-0.4, -0.2) is 40.7 Å². The maximum absolute atomic E-state index is 12.9. The third-order valence-corrected chi connectivity index (χ3v) is 4.99. The molecule has 1 aliphatic rings. The van der Waals surface area contributed by atoms with Gasteiger partial charge >= 0.3 is 0 Å². The summed E-state index contributed by atoms with van der Waals surface area (Å²) in [5, 5.41) is 4.72. The smallest absolute Gasteiger partial charge is 0.264 e. The van der Waals surface area contributed by atoms with Crippen molar-refractivity contribution in [1.29, 1.82) is 0 Å². The minimum absolute atomic E-state index is 0.0522. The molecule has 4 rings (SSSR count). The summed E-state index contributed by atoms with van der Waals surface area (Å²) in [6, 6.07) is 3.77. The van der Waals surface area contributed by atoms with E-state index in [1.807, 2.05) is 18.2 Å². The number of ether oxygens (including phenoxy) is 3. The average Bonchev–Trinajstić information content (AvgIpc) is 3.09. The lowest BCUT2D eigenvalue weighted by Crippen LogP contribution is -2.27. The molecular formula is C20H22N4O4. The number of methoxy groups -OCH3 is 3. The van der Waals surface area contributed by atoms with Gasteiger partial charge in [0.15, 0.2) is 17.1 Å². The van der Waals surface area contributed by atoms with E-state index in [0.717, 1.165) is 24.0 Å². The molecular weight excluding hydrogens is 360 g/mol. The first kappa shape index (κ1) is 18.1. The molecule has 0 bridgehead atoms. The van der Waals surface area contributed by atoms with Crippen LogP contribution < -0.4 is 19.8 Å². The molecule has 3 heterocycles. The van der Waals surface area contributed by atoms with Crippen molar-refractivity contribution in [3.63, 3.8) is 0 Å². The van der Waals surface area contributed by atoms with Crippen LogP contribution in [0.5, 0.6) is 17.2 Å². The summed E-state index contributed by atoms with van der Waals surface area (Å²) in [5.41, 5.74) is 2.41. The molecule has 0 radical (unpaired) electrons. The van der Waals surface area contributed by atoms with Crippen molar-refractivity contribution in [1.82, 2.24) is 19.3 Å². The summed E-state index contributed by atoms with van der Waals surface area (Å²) in [7, 11) is 6.54. The van der Waals surface area contributed by atoms with E-state index in [0.29, 0.717) is 40.7 Å². The molecule has 1 aliphatic heterocycles. The van der Waals surface area contributed by atoms with E-state index in [-0.39, 0.29) is 5.56 Å². The minimum Gasteiger partial charge on any atom is -0.493 e. The third kappa shape index (κ3) is 2.81. The highest BCUT2D eigenvalue weighted by atomic mass is 16.5. The summed E-state index contributed by atoms with van der Waals surface area (Å²) >= 11 is 0. The van der Waals surface area contributed by atoms with Crippen molar-refractivity contribution in [2.24, 2.45) is 7.05 Å². The van der Waals surface area contributed by atoms with E-state index >= 15 is 0 Å².